The summed E-state index contributed by atoms with van der Waals surface area (Å²) in [6.07, 6.45) is 0. The quantitative estimate of drug-likeness (QED) is 0.794. The van der Waals surface area contributed by atoms with E-state index in [4.69, 9.17) is 10.5 Å². The number of ether oxygens (including phenoxy) is 1. The fourth-order valence-corrected chi connectivity index (χ4v) is 1.32. The van der Waals surface area contributed by atoms with Gasteiger partial charge in [0, 0.05) is 25.0 Å². The van der Waals surface area contributed by atoms with Gasteiger partial charge in [-0.15, -0.1) is 0 Å². The van der Waals surface area contributed by atoms with Crippen molar-refractivity contribution in [3.05, 3.63) is 24.3 Å². The average Bonchev–Trinajstić information content (AvgIpc) is 2.28. The van der Waals surface area contributed by atoms with Gasteiger partial charge in [0.25, 0.3) is 5.91 Å². The van der Waals surface area contributed by atoms with Crippen molar-refractivity contribution in [2.45, 2.75) is 13.8 Å². The fraction of sp³-hybridized carbons (Fsp3) is 0.462. The van der Waals surface area contributed by atoms with Crippen LogP contribution in [-0.4, -0.2) is 26.2 Å². The third-order valence-corrected chi connectivity index (χ3v) is 2.33. The van der Waals surface area contributed by atoms with Crippen LogP contribution in [0.3, 0.4) is 0 Å². The van der Waals surface area contributed by atoms with E-state index in [0.29, 0.717) is 18.2 Å². The Bertz CT molecular complexity index is 360. The second-order valence-electron chi connectivity index (χ2n) is 4.45. The first-order chi connectivity index (χ1) is 8.00. The summed E-state index contributed by atoms with van der Waals surface area (Å²) in [5.74, 6) is 0.375. The number of nitrogens with zero attached hydrogens (tertiary/aromatic N) is 1. The van der Waals surface area contributed by atoms with Crippen LogP contribution in [0.25, 0.3) is 0 Å². The lowest BCUT2D eigenvalue weighted by Crippen LogP contribution is -2.30. The number of nitrogens with two attached hydrogens (primary N) is 1. The number of anilines is 2. The van der Waals surface area contributed by atoms with E-state index in [1.807, 2.05) is 26.0 Å². The smallest absolute Gasteiger partial charge is 0.252 e. The summed E-state index contributed by atoms with van der Waals surface area (Å²) >= 11 is 0. The summed E-state index contributed by atoms with van der Waals surface area (Å²) in [6.45, 7) is 4.81. The third kappa shape index (κ3) is 4.44. The maximum Gasteiger partial charge on any atom is 0.252 e. The summed E-state index contributed by atoms with van der Waals surface area (Å²) in [6, 6.07) is 7.17. The zero-order valence-electron chi connectivity index (χ0n) is 10.6. The summed E-state index contributed by atoms with van der Waals surface area (Å²) in [4.78, 5) is 13.3. The van der Waals surface area contributed by atoms with E-state index in [-0.39, 0.29) is 12.5 Å². The van der Waals surface area contributed by atoms with Gasteiger partial charge >= 0.3 is 0 Å². The molecule has 1 amide bonds. The zero-order chi connectivity index (χ0) is 12.8. The molecule has 94 valence electrons. The Morgan fingerprint density at radius 1 is 1.35 bits per heavy atom. The molecule has 1 aromatic carbocycles. The number of benzene rings is 1. The highest BCUT2D eigenvalue weighted by Gasteiger charge is 2.10. The molecule has 0 aliphatic rings. The molecule has 0 saturated heterocycles. The van der Waals surface area contributed by atoms with Gasteiger partial charge in [0.05, 0.1) is 0 Å². The van der Waals surface area contributed by atoms with Crippen molar-refractivity contribution >= 4 is 17.3 Å². The Balaban J connectivity index is 2.49. The Hall–Kier alpha value is -1.55. The van der Waals surface area contributed by atoms with E-state index in [1.165, 1.54) is 0 Å². The standard InChI is InChI=1S/C13H20N2O2/c1-10(2)8-17-9-13(16)15(3)12-6-4-11(14)5-7-12/h4-7,10H,8-9,14H2,1-3H3. The van der Waals surface area contributed by atoms with Crippen LogP contribution in [0, 0.1) is 5.92 Å². The lowest BCUT2D eigenvalue weighted by molar-refractivity contribution is -0.123. The van der Waals surface area contributed by atoms with Crippen molar-refractivity contribution in [1.29, 1.82) is 0 Å². The molecule has 4 heteroatoms. The lowest BCUT2D eigenvalue weighted by atomic mass is 10.2. The molecule has 0 saturated carbocycles. The second kappa shape index (κ2) is 6.25. The predicted octanol–water partition coefficient (Wildman–Crippen LogP) is 1.90. The van der Waals surface area contributed by atoms with Crippen LogP contribution >= 0.6 is 0 Å². The van der Waals surface area contributed by atoms with Crippen LogP contribution in [-0.2, 0) is 9.53 Å². The van der Waals surface area contributed by atoms with Gasteiger partial charge in [0.1, 0.15) is 6.61 Å². The topological polar surface area (TPSA) is 55.6 Å². The zero-order valence-corrected chi connectivity index (χ0v) is 10.6. The van der Waals surface area contributed by atoms with Gasteiger partial charge in [-0.1, -0.05) is 13.8 Å². The third-order valence-electron chi connectivity index (χ3n) is 2.33. The first kappa shape index (κ1) is 13.5. The van der Waals surface area contributed by atoms with Crippen LogP contribution in [0.5, 0.6) is 0 Å². The molecule has 0 aliphatic heterocycles. The average molecular weight is 236 g/mol. The Morgan fingerprint density at radius 3 is 2.47 bits per heavy atom. The number of hydrogen-bond acceptors (Lipinski definition) is 3. The molecule has 0 aromatic heterocycles. The molecule has 0 heterocycles. The molecule has 0 radical (unpaired) electrons. The van der Waals surface area contributed by atoms with Gasteiger partial charge in [0.15, 0.2) is 0 Å². The number of nitrogen functional groups attached to an aromatic ring is 1. The van der Waals surface area contributed by atoms with Gasteiger partial charge < -0.3 is 15.4 Å². The largest absolute Gasteiger partial charge is 0.399 e. The number of amides is 1. The van der Waals surface area contributed by atoms with Crippen LogP contribution < -0.4 is 10.6 Å². The highest BCUT2D eigenvalue weighted by atomic mass is 16.5. The van der Waals surface area contributed by atoms with Crippen molar-refractivity contribution in [3.63, 3.8) is 0 Å². The van der Waals surface area contributed by atoms with E-state index in [0.717, 1.165) is 5.69 Å². The van der Waals surface area contributed by atoms with E-state index in [2.05, 4.69) is 0 Å². The van der Waals surface area contributed by atoms with E-state index in [9.17, 15) is 4.79 Å². The van der Waals surface area contributed by atoms with Crippen molar-refractivity contribution in [3.8, 4) is 0 Å². The highest BCUT2D eigenvalue weighted by molar-refractivity contribution is 5.93. The lowest BCUT2D eigenvalue weighted by Gasteiger charge is -2.17. The molecule has 0 aliphatic carbocycles. The Morgan fingerprint density at radius 2 is 1.94 bits per heavy atom. The van der Waals surface area contributed by atoms with Crippen LogP contribution in [0.2, 0.25) is 0 Å². The molecule has 1 aromatic rings. The highest BCUT2D eigenvalue weighted by Crippen LogP contribution is 2.14. The van der Waals surface area contributed by atoms with E-state index < -0.39 is 0 Å². The number of hydrogen-bond donors (Lipinski definition) is 1. The predicted molar refractivity (Wildman–Crippen MR) is 69.9 cm³/mol. The van der Waals surface area contributed by atoms with Crippen molar-refractivity contribution in [2.75, 3.05) is 30.9 Å². The van der Waals surface area contributed by atoms with Crippen LogP contribution in [0.1, 0.15) is 13.8 Å². The molecule has 0 atom stereocenters. The molecule has 1 rings (SSSR count). The summed E-state index contributed by atoms with van der Waals surface area (Å²) in [7, 11) is 1.73. The van der Waals surface area contributed by atoms with Gasteiger partial charge in [0.2, 0.25) is 0 Å². The molecule has 0 bridgehead atoms. The second-order valence-corrected chi connectivity index (χ2v) is 4.45. The number of likely N-dealkylation sites (N-methyl/N-ethyl adjacent to an activating group) is 1. The first-order valence-corrected chi connectivity index (χ1v) is 5.70. The number of rotatable bonds is 5. The van der Waals surface area contributed by atoms with Gasteiger partial charge in [-0.2, -0.15) is 0 Å². The van der Waals surface area contributed by atoms with E-state index in [1.54, 1.807) is 24.1 Å². The maximum absolute atomic E-state index is 11.8. The Kier molecular flexibility index (Phi) is 4.97. The minimum Gasteiger partial charge on any atom is -0.399 e. The van der Waals surface area contributed by atoms with Crippen molar-refractivity contribution in [2.24, 2.45) is 5.92 Å². The van der Waals surface area contributed by atoms with Crippen molar-refractivity contribution in [1.82, 2.24) is 0 Å². The SMILES string of the molecule is CC(C)COCC(=O)N(C)c1ccc(N)cc1. The Labute approximate surface area is 102 Å². The molecule has 0 fully saturated rings. The first-order valence-electron chi connectivity index (χ1n) is 5.70. The van der Waals surface area contributed by atoms with Gasteiger partial charge in [-0.05, 0) is 30.2 Å². The van der Waals surface area contributed by atoms with Crippen LogP contribution in [0.15, 0.2) is 24.3 Å². The molecule has 2 N–H and O–H groups in total. The monoisotopic (exact) mass is 236 g/mol. The molecular weight excluding hydrogens is 216 g/mol. The number of carbonyl (C=O) groups is 1. The normalized spacial score (nSPS) is 10.6. The van der Waals surface area contributed by atoms with Crippen molar-refractivity contribution < 1.29 is 9.53 Å². The minimum absolute atomic E-state index is 0.0598. The molecule has 17 heavy (non-hydrogen) atoms. The number of carbonyl (C=O) groups excluding carboxylic acids is 1. The van der Waals surface area contributed by atoms with Crippen LogP contribution in [0.4, 0.5) is 11.4 Å². The van der Waals surface area contributed by atoms with E-state index >= 15 is 0 Å². The molecular formula is C13H20N2O2. The summed E-state index contributed by atoms with van der Waals surface area (Å²) in [5, 5.41) is 0. The minimum atomic E-state index is -0.0598. The van der Waals surface area contributed by atoms with Gasteiger partial charge in [-0.3, -0.25) is 4.79 Å². The molecule has 0 spiro atoms. The fourth-order valence-electron chi connectivity index (χ4n) is 1.32. The van der Waals surface area contributed by atoms with Gasteiger partial charge in [-0.25, -0.2) is 0 Å². The maximum atomic E-state index is 11.8. The summed E-state index contributed by atoms with van der Waals surface area (Å²) < 4.78 is 5.31. The molecule has 0 unspecified atom stereocenters. The summed E-state index contributed by atoms with van der Waals surface area (Å²) in [5.41, 5.74) is 7.09. The molecule has 4 nitrogen and oxygen atoms in total.